The normalized spacial score (nSPS) is 14.9. The van der Waals surface area contributed by atoms with E-state index in [1.165, 1.54) is 0 Å². The standard InChI is InChI=1S/C20H24N2O3/c1-15-5-4-6-17(13-15)25-19-8-3-2-7-18(19)22-20(23)14-24-16-9-11-21-12-10-16/h2-8,13,16,21H,9-12,14H2,1H3,(H,22,23). The predicted octanol–water partition coefficient (Wildman–Crippen LogP) is 3.49. The van der Waals surface area contributed by atoms with Crippen LogP contribution in [0, 0.1) is 6.92 Å². The topological polar surface area (TPSA) is 59.6 Å². The molecule has 3 rings (SSSR count). The van der Waals surface area contributed by atoms with Crippen molar-refractivity contribution in [1.29, 1.82) is 0 Å². The van der Waals surface area contributed by atoms with Crippen molar-refractivity contribution in [2.45, 2.75) is 25.9 Å². The van der Waals surface area contributed by atoms with Crippen molar-refractivity contribution >= 4 is 11.6 Å². The summed E-state index contributed by atoms with van der Waals surface area (Å²) in [5.74, 6) is 1.19. The van der Waals surface area contributed by atoms with E-state index in [-0.39, 0.29) is 18.6 Å². The summed E-state index contributed by atoms with van der Waals surface area (Å²) in [6.07, 6.45) is 2.05. The summed E-state index contributed by atoms with van der Waals surface area (Å²) < 4.78 is 11.6. The maximum absolute atomic E-state index is 12.2. The highest BCUT2D eigenvalue weighted by atomic mass is 16.5. The molecule has 5 heteroatoms. The second kappa shape index (κ2) is 8.65. The summed E-state index contributed by atoms with van der Waals surface area (Å²) in [6.45, 7) is 3.96. The molecule has 0 saturated carbocycles. The van der Waals surface area contributed by atoms with Gasteiger partial charge in [0.15, 0.2) is 5.75 Å². The summed E-state index contributed by atoms with van der Waals surface area (Å²) in [4.78, 5) is 12.2. The Morgan fingerprint density at radius 2 is 1.96 bits per heavy atom. The number of nitrogens with one attached hydrogen (secondary N) is 2. The van der Waals surface area contributed by atoms with Crippen molar-refractivity contribution < 1.29 is 14.3 Å². The second-order valence-electron chi connectivity index (χ2n) is 6.22. The summed E-state index contributed by atoms with van der Waals surface area (Å²) in [5, 5.41) is 6.16. The summed E-state index contributed by atoms with van der Waals surface area (Å²) in [5.41, 5.74) is 1.76. The molecule has 1 aliphatic rings. The van der Waals surface area contributed by atoms with Gasteiger partial charge in [-0.3, -0.25) is 4.79 Å². The van der Waals surface area contributed by atoms with Crippen molar-refractivity contribution in [3.63, 3.8) is 0 Å². The number of para-hydroxylation sites is 2. The van der Waals surface area contributed by atoms with E-state index >= 15 is 0 Å². The Hall–Kier alpha value is -2.37. The quantitative estimate of drug-likeness (QED) is 0.845. The van der Waals surface area contributed by atoms with E-state index in [4.69, 9.17) is 9.47 Å². The van der Waals surface area contributed by atoms with Crippen LogP contribution in [0.2, 0.25) is 0 Å². The number of ether oxygens (including phenoxy) is 2. The molecule has 2 aromatic rings. The maximum Gasteiger partial charge on any atom is 0.250 e. The van der Waals surface area contributed by atoms with Gasteiger partial charge in [0.2, 0.25) is 5.91 Å². The molecule has 0 aliphatic carbocycles. The lowest BCUT2D eigenvalue weighted by atomic mass is 10.1. The molecule has 0 bridgehead atoms. The Bertz CT molecular complexity index is 712. The van der Waals surface area contributed by atoms with Crippen LogP contribution in [0.15, 0.2) is 48.5 Å². The second-order valence-corrected chi connectivity index (χ2v) is 6.22. The van der Waals surface area contributed by atoms with E-state index in [1.54, 1.807) is 0 Å². The number of amides is 1. The molecular formula is C20H24N2O3. The summed E-state index contributed by atoms with van der Waals surface area (Å²) in [7, 11) is 0. The average Bonchev–Trinajstić information content (AvgIpc) is 2.63. The van der Waals surface area contributed by atoms with Gasteiger partial charge in [-0.1, -0.05) is 24.3 Å². The molecule has 1 saturated heterocycles. The summed E-state index contributed by atoms with van der Waals surface area (Å²) in [6, 6.07) is 15.2. The molecule has 2 aromatic carbocycles. The molecular weight excluding hydrogens is 316 g/mol. The van der Waals surface area contributed by atoms with Crippen LogP contribution in [0.5, 0.6) is 11.5 Å². The molecule has 0 aromatic heterocycles. The fourth-order valence-corrected chi connectivity index (χ4v) is 2.81. The first-order chi connectivity index (χ1) is 12.2. The number of rotatable bonds is 6. The molecule has 1 heterocycles. The van der Waals surface area contributed by atoms with Gasteiger partial charge in [-0.15, -0.1) is 0 Å². The zero-order valence-corrected chi connectivity index (χ0v) is 14.5. The molecule has 132 valence electrons. The molecule has 0 atom stereocenters. The number of benzene rings is 2. The van der Waals surface area contributed by atoms with Crippen molar-refractivity contribution in [3.05, 3.63) is 54.1 Å². The van der Waals surface area contributed by atoms with Crippen molar-refractivity contribution in [2.75, 3.05) is 25.0 Å². The Morgan fingerprint density at radius 1 is 1.16 bits per heavy atom. The van der Waals surface area contributed by atoms with Crippen LogP contribution in [0.25, 0.3) is 0 Å². The van der Waals surface area contributed by atoms with Gasteiger partial charge < -0.3 is 20.1 Å². The number of anilines is 1. The Balaban J connectivity index is 1.59. The molecule has 1 fully saturated rings. The minimum Gasteiger partial charge on any atom is -0.455 e. The van der Waals surface area contributed by atoms with Gasteiger partial charge in [-0.05, 0) is 62.7 Å². The third kappa shape index (κ3) is 5.31. The van der Waals surface area contributed by atoms with Gasteiger partial charge in [-0.25, -0.2) is 0 Å². The molecule has 0 radical (unpaired) electrons. The Morgan fingerprint density at radius 3 is 2.76 bits per heavy atom. The number of piperidine rings is 1. The summed E-state index contributed by atoms with van der Waals surface area (Å²) >= 11 is 0. The highest BCUT2D eigenvalue weighted by molar-refractivity contribution is 5.93. The molecule has 1 amide bonds. The zero-order chi connectivity index (χ0) is 17.5. The van der Waals surface area contributed by atoms with E-state index in [2.05, 4.69) is 10.6 Å². The third-order valence-electron chi connectivity index (χ3n) is 4.11. The van der Waals surface area contributed by atoms with Gasteiger partial charge in [0.05, 0.1) is 11.8 Å². The number of carbonyl (C=O) groups is 1. The van der Waals surface area contributed by atoms with E-state index < -0.39 is 0 Å². The van der Waals surface area contributed by atoms with Crippen molar-refractivity contribution in [1.82, 2.24) is 5.32 Å². The minimum atomic E-state index is -0.168. The Labute approximate surface area is 148 Å². The molecule has 2 N–H and O–H groups in total. The SMILES string of the molecule is Cc1cccc(Oc2ccccc2NC(=O)COC2CCNCC2)c1. The minimum absolute atomic E-state index is 0.0590. The van der Waals surface area contributed by atoms with E-state index in [0.29, 0.717) is 11.4 Å². The van der Waals surface area contributed by atoms with Gasteiger partial charge in [0.25, 0.3) is 0 Å². The zero-order valence-electron chi connectivity index (χ0n) is 14.5. The maximum atomic E-state index is 12.2. The van der Waals surface area contributed by atoms with Crippen LogP contribution in [0.1, 0.15) is 18.4 Å². The van der Waals surface area contributed by atoms with Gasteiger partial charge in [0, 0.05) is 0 Å². The highest BCUT2D eigenvalue weighted by Gasteiger charge is 2.15. The third-order valence-corrected chi connectivity index (χ3v) is 4.11. The number of aryl methyl sites for hydroxylation is 1. The molecule has 0 spiro atoms. The smallest absolute Gasteiger partial charge is 0.250 e. The number of hydrogen-bond donors (Lipinski definition) is 2. The van der Waals surface area contributed by atoms with E-state index in [0.717, 1.165) is 37.2 Å². The average molecular weight is 340 g/mol. The van der Waals surface area contributed by atoms with Crippen LogP contribution in [-0.4, -0.2) is 31.7 Å². The Kier molecular flexibility index (Phi) is 6.04. The predicted molar refractivity (Wildman–Crippen MR) is 98.2 cm³/mol. The first kappa shape index (κ1) is 17.5. The molecule has 1 aliphatic heterocycles. The number of hydrogen-bond acceptors (Lipinski definition) is 4. The van der Waals surface area contributed by atoms with Crippen molar-refractivity contribution in [2.24, 2.45) is 0 Å². The first-order valence-electron chi connectivity index (χ1n) is 8.66. The monoisotopic (exact) mass is 340 g/mol. The number of carbonyl (C=O) groups excluding carboxylic acids is 1. The fourth-order valence-electron chi connectivity index (χ4n) is 2.81. The van der Waals surface area contributed by atoms with Gasteiger partial charge in [0.1, 0.15) is 12.4 Å². The van der Waals surface area contributed by atoms with Crippen LogP contribution in [0.4, 0.5) is 5.69 Å². The lowest BCUT2D eigenvalue weighted by molar-refractivity contribution is -0.123. The van der Waals surface area contributed by atoms with E-state index in [9.17, 15) is 4.79 Å². The highest BCUT2D eigenvalue weighted by Crippen LogP contribution is 2.29. The largest absolute Gasteiger partial charge is 0.455 e. The van der Waals surface area contributed by atoms with E-state index in [1.807, 2.05) is 55.5 Å². The van der Waals surface area contributed by atoms with Crippen LogP contribution < -0.4 is 15.4 Å². The lowest BCUT2D eigenvalue weighted by Gasteiger charge is -2.22. The lowest BCUT2D eigenvalue weighted by Crippen LogP contribution is -2.34. The van der Waals surface area contributed by atoms with Crippen LogP contribution >= 0.6 is 0 Å². The van der Waals surface area contributed by atoms with Crippen LogP contribution in [-0.2, 0) is 9.53 Å². The molecule has 5 nitrogen and oxygen atoms in total. The molecule has 25 heavy (non-hydrogen) atoms. The fraction of sp³-hybridized carbons (Fsp3) is 0.350. The van der Waals surface area contributed by atoms with Gasteiger partial charge in [-0.2, -0.15) is 0 Å². The first-order valence-corrected chi connectivity index (χ1v) is 8.66. The van der Waals surface area contributed by atoms with Crippen LogP contribution in [0.3, 0.4) is 0 Å². The molecule has 0 unspecified atom stereocenters. The van der Waals surface area contributed by atoms with Crippen molar-refractivity contribution in [3.8, 4) is 11.5 Å². The van der Waals surface area contributed by atoms with Gasteiger partial charge >= 0.3 is 0 Å².